The van der Waals surface area contributed by atoms with Crippen molar-refractivity contribution in [3.05, 3.63) is 44.2 Å². The number of halogens is 1. The minimum Gasteiger partial charge on any atom is -0.496 e. The van der Waals surface area contributed by atoms with Gasteiger partial charge in [-0.2, -0.15) is 15.2 Å². The van der Waals surface area contributed by atoms with Crippen LogP contribution in [0.15, 0.2) is 28.2 Å². The number of benzene rings is 1. The molecule has 0 amide bonds. The van der Waals surface area contributed by atoms with Crippen molar-refractivity contribution in [1.29, 1.82) is 5.26 Å². The van der Waals surface area contributed by atoms with E-state index in [1.165, 1.54) is 4.88 Å². The number of nitriles is 1. The van der Waals surface area contributed by atoms with Crippen LogP contribution in [0.25, 0.3) is 0 Å². The molecule has 3 rings (SSSR count). The summed E-state index contributed by atoms with van der Waals surface area (Å²) in [6.07, 6.45) is 3.97. The molecule has 0 unspecified atom stereocenters. The van der Waals surface area contributed by atoms with Crippen LogP contribution in [-0.4, -0.2) is 24.1 Å². The molecule has 0 bridgehead atoms. The topological polar surface area (TPSA) is 71.9 Å². The number of ether oxygens (including phenoxy) is 2. The summed E-state index contributed by atoms with van der Waals surface area (Å²) >= 11 is 7.82. The summed E-state index contributed by atoms with van der Waals surface area (Å²) in [6.45, 7) is 8.61. The first-order valence-electron chi connectivity index (χ1n) is 9.57. The van der Waals surface area contributed by atoms with E-state index < -0.39 is 0 Å². The Kier molecular flexibility index (Phi) is 6.78. The fourth-order valence-corrected chi connectivity index (χ4v) is 4.77. The van der Waals surface area contributed by atoms with Gasteiger partial charge in [0.1, 0.15) is 5.75 Å². The van der Waals surface area contributed by atoms with E-state index in [0.717, 1.165) is 29.9 Å². The van der Waals surface area contributed by atoms with Crippen molar-refractivity contribution in [2.75, 3.05) is 13.7 Å². The van der Waals surface area contributed by atoms with Crippen molar-refractivity contribution in [2.45, 2.75) is 52.2 Å². The molecule has 1 aromatic carbocycles. The lowest BCUT2D eigenvalue weighted by molar-refractivity contribution is 0.0607. The van der Waals surface area contributed by atoms with Crippen LogP contribution in [0.2, 0.25) is 5.02 Å². The monoisotopic (exact) mass is 432 g/mol. The average molecular weight is 433 g/mol. The summed E-state index contributed by atoms with van der Waals surface area (Å²) < 4.78 is 13.5. The maximum absolute atomic E-state index is 9.27. The van der Waals surface area contributed by atoms with E-state index in [1.807, 2.05) is 6.19 Å². The summed E-state index contributed by atoms with van der Waals surface area (Å²) in [6, 6.07) is 5.21. The Labute approximate surface area is 180 Å². The highest BCUT2D eigenvalue weighted by Crippen LogP contribution is 2.34. The minimum absolute atomic E-state index is 0.0831. The first-order valence-corrected chi connectivity index (χ1v) is 10.8. The van der Waals surface area contributed by atoms with Crippen molar-refractivity contribution in [1.82, 2.24) is 4.57 Å². The van der Waals surface area contributed by atoms with Gasteiger partial charge in [0.25, 0.3) is 0 Å². The molecule has 8 heteroatoms. The van der Waals surface area contributed by atoms with Gasteiger partial charge in [-0.15, -0.1) is 11.3 Å². The maximum atomic E-state index is 9.27. The number of hydrogen-bond donors (Lipinski definition) is 0. The summed E-state index contributed by atoms with van der Waals surface area (Å²) in [5.41, 5.74) is 1.67. The highest BCUT2D eigenvalue weighted by molar-refractivity contribution is 7.09. The molecule has 0 N–H and O–H groups in total. The van der Waals surface area contributed by atoms with Gasteiger partial charge in [0, 0.05) is 21.9 Å². The van der Waals surface area contributed by atoms with Gasteiger partial charge in [-0.3, -0.25) is 0 Å². The van der Waals surface area contributed by atoms with Crippen LogP contribution in [0.1, 0.15) is 49.7 Å². The number of nitrogens with zero attached hydrogens (tertiary/aromatic N) is 4. The molecule has 2 aromatic rings. The molecule has 2 heterocycles. The molecule has 0 radical (unpaired) electrons. The van der Waals surface area contributed by atoms with Gasteiger partial charge < -0.3 is 14.0 Å². The maximum Gasteiger partial charge on any atom is 0.207 e. The zero-order valence-corrected chi connectivity index (χ0v) is 18.7. The Balaban J connectivity index is 2.22. The van der Waals surface area contributed by atoms with Crippen LogP contribution in [0.5, 0.6) is 5.75 Å². The number of unbranched alkanes of at least 4 members (excludes halogenated alkanes) is 1. The van der Waals surface area contributed by atoms with E-state index in [0.29, 0.717) is 29.5 Å². The zero-order chi connectivity index (χ0) is 21.0. The number of aromatic nitrogens is 1. The van der Waals surface area contributed by atoms with Crippen molar-refractivity contribution < 1.29 is 9.47 Å². The molecule has 0 atom stereocenters. The lowest BCUT2D eigenvalue weighted by Crippen LogP contribution is -2.30. The number of rotatable bonds is 5. The Hall–Kier alpha value is -2.14. The molecule has 0 saturated heterocycles. The largest absolute Gasteiger partial charge is 0.496 e. The number of aliphatic imine (C=N–C) groups is 1. The fourth-order valence-electron chi connectivity index (χ4n) is 3.35. The van der Waals surface area contributed by atoms with E-state index in [9.17, 15) is 5.26 Å². The van der Waals surface area contributed by atoms with Crippen molar-refractivity contribution >= 4 is 28.8 Å². The van der Waals surface area contributed by atoms with Crippen LogP contribution in [0.3, 0.4) is 0 Å². The third-order valence-corrected chi connectivity index (χ3v) is 6.55. The minimum atomic E-state index is -0.0831. The van der Waals surface area contributed by atoms with Crippen molar-refractivity contribution in [2.24, 2.45) is 9.98 Å². The number of amidine groups is 1. The zero-order valence-electron chi connectivity index (χ0n) is 17.2. The highest BCUT2D eigenvalue weighted by Gasteiger charge is 2.32. The van der Waals surface area contributed by atoms with E-state index in [2.05, 4.69) is 30.3 Å². The van der Waals surface area contributed by atoms with E-state index in [-0.39, 0.29) is 11.3 Å². The van der Waals surface area contributed by atoms with Crippen LogP contribution >= 0.6 is 22.9 Å². The van der Waals surface area contributed by atoms with Crippen LogP contribution in [0, 0.1) is 11.5 Å². The molecule has 1 aliphatic rings. The predicted molar refractivity (Wildman–Crippen MR) is 116 cm³/mol. The molecule has 1 aromatic heterocycles. The first-order chi connectivity index (χ1) is 13.9. The van der Waals surface area contributed by atoms with Crippen LogP contribution in [0.4, 0.5) is 0 Å². The van der Waals surface area contributed by atoms with Gasteiger partial charge in [0.15, 0.2) is 10.6 Å². The normalized spacial score (nSPS) is 16.4. The smallest absolute Gasteiger partial charge is 0.207 e. The SMILES string of the molecule is CCCCn1c2c(s/c1=N\C(=N\C#N)c1cc(Cl)ccc1OC)C(C)(C)COC2. The van der Waals surface area contributed by atoms with Gasteiger partial charge in [-0.1, -0.05) is 38.8 Å². The molecular weight excluding hydrogens is 408 g/mol. The third-order valence-electron chi connectivity index (χ3n) is 4.82. The summed E-state index contributed by atoms with van der Waals surface area (Å²) in [7, 11) is 1.57. The Morgan fingerprint density at radius 3 is 2.93 bits per heavy atom. The van der Waals surface area contributed by atoms with Crippen LogP contribution < -0.4 is 9.54 Å². The lowest BCUT2D eigenvalue weighted by atomic mass is 9.90. The number of methoxy groups -OCH3 is 1. The molecule has 1 aliphatic heterocycles. The molecule has 154 valence electrons. The van der Waals surface area contributed by atoms with Crippen LogP contribution in [-0.2, 0) is 23.3 Å². The lowest BCUT2D eigenvalue weighted by Gasteiger charge is -2.29. The fraction of sp³-hybridized carbons (Fsp3) is 0.476. The molecule has 0 saturated carbocycles. The highest BCUT2D eigenvalue weighted by atomic mass is 35.5. The summed E-state index contributed by atoms with van der Waals surface area (Å²) in [4.78, 5) is 10.9. The molecule has 0 fully saturated rings. The molecule has 29 heavy (non-hydrogen) atoms. The Morgan fingerprint density at radius 1 is 1.45 bits per heavy atom. The third kappa shape index (κ3) is 4.55. The second-order valence-corrected chi connectivity index (χ2v) is 8.95. The standard InChI is InChI=1S/C21H25ClN4O2S/c1-5-6-9-26-16-11-28-12-21(2,3)18(16)29-20(26)25-19(24-13-23)15-10-14(22)7-8-17(15)27-4/h7-8,10H,5-6,9,11-12H2,1-4H3/b24-19+,25-20-. The van der Waals surface area contributed by atoms with E-state index in [4.69, 9.17) is 26.1 Å². The molecule has 0 aliphatic carbocycles. The van der Waals surface area contributed by atoms with Gasteiger partial charge in [0.2, 0.25) is 6.19 Å². The van der Waals surface area contributed by atoms with Crippen molar-refractivity contribution in [3.8, 4) is 11.9 Å². The van der Waals surface area contributed by atoms with Gasteiger partial charge >= 0.3 is 0 Å². The van der Waals surface area contributed by atoms with Gasteiger partial charge in [0.05, 0.1) is 31.6 Å². The van der Waals surface area contributed by atoms with Gasteiger partial charge in [-0.25, -0.2) is 0 Å². The second kappa shape index (κ2) is 9.12. The van der Waals surface area contributed by atoms with E-state index in [1.54, 1.807) is 36.6 Å². The number of thiazole rings is 1. The van der Waals surface area contributed by atoms with Crippen molar-refractivity contribution in [3.63, 3.8) is 0 Å². The molecular formula is C21H25ClN4O2S. The molecule has 6 nitrogen and oxygen atoms in total. The molecule has 0 spiro atoms. The Morgan fingerprint density at radius 2 is 2.24 bits per heavy atom. The van der Waals surface area contributed by atoms with Gasteiger partial charge in [-0.05, 0) is 24.6 Å². The number of hydrogen-bond acceptors (Lipinski definition) is 5. The summed E-state index contributed by atoms with van der Waals surface area (Å²) in [5, 5.41) is 9.80. The number of fused-ring (bicyclic) bond motifs is 1. The Bertz CT molecular complexity index is 1030. The predicted octanol–water partition coefficient (Wildman–Crippen LogP) is 4.65. The summed E-state index contributed by atoms with van der Waals surface area (Å²) in [5.74, 6) is 0.853. The quantitative estimate of drug-likeness (QED) is 0.392. The first kappa shape index (κ1) is 21.6. The van der Waals surface area contributed by atoms with E-state index >= 15 is 0 Å². The average Bonchev–Trinajstić information content (AvgIpc) is 3.04. The second-order valence-electron chi connectivity index (χ2n) is 7.53.